The van der Waals surface area contributed by atoms with E-state index in [9.17, 15) is 8.78 Å². The summed E-state index contributed by atoms with van der Waals surface area (Å²) in [5.41, 5.74) is 0.108. The Morgan fingerprint density at radius 3 is 2.50 bits per heavy atom. The molecule has 0 radical (unpaired) electrons. The van der Waals surface area contributed by atoms with Gasteiger partial charge in [0.05, 0.1) is 5.60 Å². The molecule has 0 spiro atoms. The Labute approximate surface area is 107 Å². The molecule has 0 aliphatic carbocycles. The van der Waals surface area contributed by atoms with Crippen molar-refractivity contribution < 1.29 is 13.5 Å². The molecule has 1 N–H and O–H groups in total. The second-order valence-electron chi connectivity index (χ2n) is 4.94. The molecule has 0 aliphatic rings. The summed E-state index contributed by atoms with van der Waals surface area (Å²) in [6.07, 6.45) is 0.611. The van der Waals surface area contributed by atoms with E-state index in [4.69, 9.17) is 4.74 Å². The van der Waals surface area contributed by atoms with Gasteiger partial charge in [-0.25, -0.2) is 8.78 Å². The number of rotatable bonds is 6. The lowest BCUT2D eigenvalue weighted by atomic mass is 9.93. The third kappa shape index (κ3) is 4.03. The minimum atomic E-state index is -0.558. The smallest absolute Gasteiger partial charge is 0.130 e. The molecular weight excluding hydrogens is 236 g/mol. The molecule has 2 nitrogen and oxygen atoms in total. The number of ether oxygens (including phenoxy) is 1. The molecule has 0 saturated carbocycles. The highest BCUT2D eigenvalue weighted by Crippen LogP contribution is 2.27. The fraction of sp³-hybridized carbons (Fsp3) is 0.571. The molecule has 102 valence electrons. The van der Waals surface area contributed by atoms with Crippen LogP contribution in [-0.2, 0) is 4.74 Å². The number of benzene rings is 1. The van der Waals surface area contributed by atoms with Gasteiger partial charge in [0.25, 0.3) is 0 Å². The molecule has 1 unspecified atom stereocenters. The second-order valence-corrected chi connectivity index (χ2v) is 4.94. The van der Waals surface area contributed by atoms with Crippen LogP contribution in [0.15, 0.2) is 18.2 Å². The summed E-state index contributed by atoms with van der Waals surface area (Å²) < 4.78 is 32.1. The lowest BCUT2D eigenvalue weighted by Crippen LogP contribution is -2.32. The van der Waals surface area contributed by atoms with E-state index in [0.717, 1.165) is 6.07 Å². The van der Waals surface area contributed by atoms with Gasteiger partial charge in [0.1, 0.15) is 11.6 Å². The van der Waals surface area contributed by atoms with Crippen LogP contribution >= 0.6 is 0 Å². The van der Waals surface area contributed by atoms with Gasteiger partial charge in [0.2, 0.25) is 0 Å². The van der Waals surface area contributed by atoms with Gasteiger partial charge in [-0.2, -0.15) is 0 Å². The molecule has 18 heavy (non-hydrogen) atoms. The summed E-state index contributed by atoms with van der Waals surface area (Å²) in [6.45, 7) is 6.55. The quantitative estimate of drug-likeness (QED) is 0.843. The summed E-state index contributed by atoms with van der Waals surface area (Å²) in [5, 5.41) is 3.21. The predicted octanol–water partition coefficient (Wildman–Crippen LogP) is 3.43. The average molecular weight is 257 g/mol. The lowest BCUT2D eigenvalue weighted by Gasteiger charge is -2.29. The van der Waals surface area contributed by atoms with Crippen molar-refractivity contribution in [3.05, 3.63) is 35.4 Å². The first-order chi connectivity index (χ1) is 8.39. The van der Waals surface area contributed by atoms with Crippen LogP contribution in [0.4, 0.5) is 8.78 Å². The molecular formula is C14H21F2NO. The number of nitrogens with one attached hydrogen (secondary N) is 1. The summed E-state index contributed by atoms with van der Waals surface area (Å²) in [7, 11) is 1.63. The van der Waals surface area contributed by atoms with Crippen LogP contribution in [0.3, 0.4) is 0 Å². The van der Waals surface area contributed by atoms with E-state index >= 15 is 0 Å². The molecule has 0 aromatic heterocycles. The van der Waals surface area contributed by atoms with Gasteiger partial charge in [-0.05, 0) is 32.9 Å². The van der Waals surface area contributed by atoms with Gasteiger partial charge in [0.15, 0.2) is 0 Å². The van der Waals surface area contributed by atoms with Crippen molar-refractivity contribution in [2.75, 3.05) is 13.7 Å². The fourth-order valence-electron chi connectivity index (χ4n) is 1.90. The van der Waals surface area contributed by atoms with E-state index in [1.165, 1.54) is 12.1 Å². The molecule has 0 heterocycles. The van der Waals surface area contributed by atoms with E-state index in [1.54, 1.807) is 7.11 Å². The Kier molecular flexibility index (Phi) is 5.23. The van der Waals surface area contributed by atoms with Crippen molar-refractivity contribution in [3.8, 4) is 0 Å². The Hall–Kier alpha value is -1.00. The number of methoxy groups -OCH3 is 1. The van der Waals surface area contributed by atoms with E-state index < -0.39 is 11.6 Å². The van der Waals surface area contributed by atoms with Crippen molar-refractivity contribution >= 4 is 0 Å². The van der Waals surface area contributed by atoms with Crippen molar-refractivity contribution in [2.24, 2.45) is 0 Å². The fourth-order valence-corrected chi connectivity index (χ4v) is 1.90. The zero-order valence-corrected chi connectivity index (χ0v) is 11.4. The summed E-state index contributed by atoms with van der Waals surface area (Å²) >= 11 is 0. The van der Waals surface area contributed by atoms with Crippen LogP contribution in [0.2, 0.25) is 0 Å². The summed E-state index contributed by atoms with van der Waals surface area (Å²) in [5.74, 6) is -1.08. The largest absolute Gasteiger partial charge is 0.379 e. The monoisotopic (exact) mass is 257 g/mol. The Bertz CT molecular complexity index is 393. The van der Waals surface area contributed by atoms with Gasteiger partial charge in [-0.15, -0.1) is 0 Å². The molecule has 4 heteroatoms. The molecule has 1 aromatic rings. The van der Waals surface area contributed by atoms with Crippen molar-refractivity contribution in [1.29, 1.82) is 0 Å². The van der Waals surface area contributed by atoms with Crippen LogP contribution in [0, 0.1) is 11.6 Å². The van der Waals surface area contributed by atoms with E-state index in [-0.39, 0.29) is 11.6 Å². The predicted molar refractivity (Wildman–Crippen MR) is 68.5 cm³/mol. The van der Waals surface area contributed by atoms with E-state index in [2.05, 4.69) is 5.32 Å². The molecule has 0 saturated heterocycles. The Morgan fingerprint density at radius 2 is 2.00 bits per heavy atom. The molecule has 0 bridgehead atoms. The Balaban J connectivity index is 2.97. The van der Waals surface area contributed by atoms with Crippen LogP contribution in [-0.4, -0.2) is 19.3 Å². The summed E-state index contributed by atoms with van der Waals surface area (Å²) in [4.78, 5) is 0. The average Bonchev–Trinajstić information content (AvgIpc) is 2.28. The first kappa shape index (κ1) is 15.1. The number of halogens is 2. The molecule has 0 fully saturated rings. The third-order valence-electron chi connectivity index (χ3n) is 3.04. The zero-order chi connectivity index (χ0) is 13.8. The van der Waals surface area contributed by atoms with E-state index in [1.807, 2.05) is 20.8 Å². The van der Waals surface area contributed by atoms with Crippen LogP contribution in [0.25, 0.3) is 0 Å². The molecule has 1 atom stereocenters. The maximum absolute atomic E-state index is 13.8. The number of hydrogen-bond donors (Lipinski definition) is 1. The molecule has 1 rings (SSSR count). The number of hydrogen-bond acceptors (Lipinski definition) is 2. The van der Waals surface area contributed by atoms with Gasteiger partial charge in [-0.3, -0.25) is 0 Å². The lowest BCUT2D eigenvalue weighted by molar-refractivity contribution is 0.00671. The standard InChI is InChI=1S/C14H21F2NO/c1-5-17-13(9-14(2,3)18-4)11-7-6-10(15)8-12(11)16/h6-8,13,17H,5,9H2,1-4H3. The Morgan fingerprint density at radius 1 is 1.33 bits per heavy atom. The van der Waals surface area contributed by atoms with Gasteiger partial charge in [0, 0.05) is 24.8 Å². The van der Waals surface area contributed by atoms with Crippen LogP contribution in [0.1, 0.15) is 38.8 Å². The highest BCUT2D eigenvalue weighted by atomic mass is 19.1. The molecule has 0 amide bonds. The molecule has 0 aliphatic heterocycles. The van der Waals surface area contributed by atoms with Gasteiger partial charge < -0.3 is 10.1 Å². The molecule has 1 aromatic carbocycles. The minimum absolute atomic E-state index is 0.189. The van der Waals surface area contributed by atoms with Crippen molar-refractivity contribution in [3.63, 3.8) is 0 Å². The van der Waals surface area contributed by atoms with E-state index in [0.29, 0.717) is 18.5 Å². The van der Waals surface area contributed by atoms with Gasteiger partial charge in [-0.1, -0.05) is 13.0 Å². The van der Waals surface area contributed by atoms with Crippen molar-refractivity contribution in [1.82, 2.24) is 5.32 Å². The maximum Gasteiger partial charge on any atom is 0.130 e. The summed E-state index contributed by atoms with van der Waals surface area (Å²) in [6, 6.07) is 3.50. The SMILES string of the molecule is CCNC(CC(C)(C)OC)c1ccc(F)cc1F. The normalized spacial score (nSPS) is 13.7. The third-order valence-corrected chi connectivity index (χ3v) is 3.04. The van der Waals surface area contributed by atoms with Crippen molar-refractivity contribution in [2.45, 2.75) is 38.8 Å². The zero-order valence-electron chi connectivity index (χ0n) is 11.4. The second kappa shape index (κ2) is 6.25. The first-order valence-electron chi connectivity index (χ1n) is 6.13. The topological polar surface area (TPSA) is 21.3 Å². The van der Waals surface area contributed by atoms with Gasteiger partial charge >= 0.3 is 0 Å². The first-order valence-corrected chi connectivity index (χ1v) is 6.13. The highest BCUT2D eigenvalue weighted by Gasteiger charge is 2.25. The maximum atomic E-state index is 13.8. The van der Waals surface area contributed by atoms with Crippen LogP contribution < -0.4 is 5.32 Å². The van der Waals surface area contributed by atoms with Crippen LogP contribution in [0.5, 0.6) is 0 Å². The highest BCUT2D eigenvalue weighted by molar-refractivity contribution is 5.22. The minimum Gasteiger partial charge on any atom is -0.379 e.